The van der Waals surface area contributed by atoms with Gasteiger partial charge in [0.2, 0.25) is 0 Å². The van der Waals surface area contributed by atoms with Gasteiger partial charge in [-0.1, -0.05) is 18.7 Å². The summed E-state index contributed by atoms with van der Waals surface area (Å²) < 4.78 is 13.6. The Hall–Kier alpha value is -1.38. The number of carbonyl (C=O) groups excluding carboxylic acids is 1. The maximum Gasteiger partial charge on any atom is 0.255 e. The van der Waals surface area contributed by atoms with Gasteiger partial charge in [-0.2, -0.15) is 0 Å². The van der Waals surface area contributed by atoms with E-state index in [1.165, 1.54) is 17.1 Å². The Labute approximate surface area is 84.4 Å². The molecule has 0 aliphatic heterocycles. The van der Waals surface area contributed by atoms with Gasteiger partial charge in [0.1, 0.15) is 5.83 Å². The van der Waals surface area contributed by atoms with Crippen LogP contribution >= 0.6 is 0 Å². The summed E-state index contributed by atoms with van der Waals surface area (Å²) in [5, 5.41) is 0. The van der Waals surface area contributed by atoms with E-state index in [1.54, 1.807) is 27.9 Å². The van der Waals surface area contributed by atoms with E-state index < -0.39 is 5.83 Å². The Balaban J connectivity index is 5.14. The highest BCUT2D eigenvalue weighted by Crippen LogP contribution is 2.18. The minimum absolute atomic E-state index is 0.0763. The van der Waals surface area contributed by atoms with Crippen LogP contribution in [0.4, 0.5) is 4.39 Å². The van der Waals surface area contributed by atoms with Gasteiger partial charge in [-0.15, -0.1) is 0 Å². The van der Waals surface area contributed by atoms with E-state index in [1.807, 2.05) is 0 Å². The maximum atomic E-state index is 13.6. The van der Waals surface area contributed by atoms with Crippen molar-refractivity contribution in [3.8, 4) is 0 Å². The van der Waals surface area contributed by atoms with Gasteiger partial charge in [0.15, 0.2) is 0 Å². The molecule has 3 heteroatoms. The van der Waals surface area contributed by atoms with Crippen LogP contribution in [0.25, 0.3) is 0 Å². The number of likely N-dealkylation sites (N-methyl/N-ethyl adjacent to an activating group) is 1. The molecule has 0 aliphatic carbocycles. The van der Waals surface area contributed by atoms with Crippen LogP contribution in [-0.4, -0.2) is 24.9 Å². The molecule has 0 aromatic carbocycles. The van der Waals surface area contributed by atoms with Gasteiger partial charge in [0, 0.05) is 14.1 Å². The first kappa shape index (κ1) is 12.6. The monoisotopic (exact) mass is 197 g/mol. The Bertz CT molecular complexity index is 300. The summed E-state index contributed by atoms with van der Waals surface area (Å²) in [6, 6.07) is 0. The van der Waals surface area contributed by atoms with Crippen LogP contribution in [-0.2, 0) is 4.79 Å². The van der Waals surface area contributed by atoms with Crippen molar-refractivity contribution >= 4 is 5.91 Å². The van der Waals surface area contributed by atoms with E-state index >= 15 is 0 Å². The lowest BCUT2D eigenvalue weighted by molar-refractivity contribution is -0.124. The van der Waals surface area contributed by atoms with Crippen molar-refractivity contribution in [2.75, 3.05) is 14.1 Å². The van der Waals surface area contributed by atoms with Crippen molar-refractivity contribution in [2.45, 2.75) is 13.8 Å². The second-order valence-corrected chi connectivity index (χ2v) is 3.10. The number of hydrogen-bond donors (Lipinski definition) is 0. The van der Waals surface area contributed by atoms with Gasteiger partial charge in [-0.3, -0.25) is 4.79 Å². The molecule has 0 aromatic rings. The van der Waals surface area contributed by atoms with E-state index in [9.17, 15) is 9.18 Å². The van der Waals surface area contributed by atoms with Crippen molar-refractivity contribution in [3.63, 3.8) is 0 Å². The molecule has 0 aliphatic rings. The molecular formula is C11H16FNO. The van der Waals surface area contributed by atoms with Crippen LogP contribution in [0, 0.1) is 0 Å². The number of allylic oxidation sites excluding steroid dienone is 3. The topological polar surface area (TPSA) is 20.3 Å². The first-order chi connectivity index (χ1) is 6.45. The highest BCUT2D eigenvalue weighted by molar-refractivity contribution is 5.97. The number of amides is 1. The van der Waals surface area contributed by atoms with Crippen LogP contribution in [0.15, 0.2) is 35.7 Å². The fraction of sp³-hybridized carbons (Fsp3) is 0.364. The highest BCUT2D eigenvalue weighted by Gasteiger charge is 2.16. The SMILES string of the molecule is C=C/C(C)=C(F)\C(=C/C)C(=O)N(C)C. The van der Waals surface area contributed by atoms with Gasteiger partial charge >= 0.3 is 0 Å². The third kappa shape index (κ3) is 2.83. The number of carbonyl (C=O) groups is 1. The molecule has 1 amide bonds. The van der Waals surface area contributed by atoms with Gasteiger partial charge in [-0.05, 0) is 19.4 Å². The lowest BCUT2D eigenvalue weighted by Crippen LogP contribution is -2.24. The van der Waals surface area contributed by atoms with Gasteiger partial charge < -0.3 is 4.90 Å². The Morgan fingerprint density at radius 3 is 2.21 bits per heavy atom. The second kappa shape index (κ2) is 5.37. The molecular weight excluding hydrogens is 181 g/mol. The third-order valence-corrected chi connectivity index (χ3v) is 1.81. The minimum Gasteiger partial charge on any atom is -0.345 e. The number of hydrogen-bond acceptors (Lipinski definition) is 1. The zero-order valence-corrected chi connectivity index (χ0v) is 9.10. The van der Waals surface area contributed by atoms with Crippen LogP contribution in [0.5, 0.6) is 0 Å². The molecule has 0 saturated heterocycles. The third-order valence-electron chi connectivity index (χ3n) is 1.81. The molecule has 0 atom stereocenters. The Morgan fingerprint density at radius 1 is 1.43 bits per heavy atom. The summed E-state index contributed by atoms with van der Waals surface area (Å²) in [5.41, 5.74) is 0.445. The zero-order valence-electron chi connectivity index (χ0n) is 9.10. The van der Waals surface area contributed by atoms with E-state index in [2.05, 4.69) is 6.58 Å². The molecule has 0 spiro atoms. The molecule has 0 fully saturated rings. The number of rotatable bonds is 3. The fourth-order valence-electron chi connectivity index (χ4n) is 0.887. The van der Waals surface area contributed by atoms with Crippen molar-refractivity contribution < 1.29 is 9.18 Å². The van der Waals surface area contributed by atoms with Crippen molar-refractivity contribution in [2.24, 2.45) is 0 Å². The standard InChI is InChI=1S/C11H16FNO/c1-6-8(3)10(12)9(7-2)11(14)13(4)5/h6-7H,1H2,2-5H3/b9-7+,10-8+. The van der Waals surface area contributed by atoms with Gasteiger partial charge in [0.05, 0.1) is 5.57 Å². The maximum absolute atomic E-state index is 13.6. The summed E-state index contributed by atoms with van der Waals surface area (Å²) in [6.45, 7) is 6.66. The average Bonchev–Trinajstić information content (AvgIpc) is 2.17. The molecule has 0 N–H and O–H groups in total. The molecule has 0 radical (unpaired) electrons. The van der Waals surface area contributed by atoms with E-state index in [4.69, 9.17) is 0 Å². The Kier molecular flexibility index (Phi) is 4.84. The van der Waals surface area contributed by atoms with Crippen LogP contribution in [0.3, 0.4) is 0 Å². The molecule has 0 rings (SSSR count). The zero-order chi connectivity index (χ0) is 11.3. The van der Waals surface area contributed by atoms with E-state index in [0.29, 0.717) is 5.57 Å². The molecule has 14 heavy (non-hydrogen) atoms. The normalized spacial score (nSPS) is 13.4. The predicted molar refractivity (Wildman–Crippen MR) is 56.5 cm³/mol. The van der Waals surface area contributed by atoms with Crippen molar-refractivity contribution in [1.82, 2.24) is 4.90 Å². The van der Waals surface area contributed by atoms with Crippen LogP contribution < -0.4 is 0 Å². The van der Waals surface area contributed by atoms with Crippen molar-refractivity contribution in [3.05, 3.63) is 35.7 Å². The summed E-state index contributed by atoms with van der Waals surface area (Å²) in [7, 11) is 3.17. The number of nitrogens with zero attached hydrogens (tertiary/aromatic N) is 1. The predicted octanol–water partition coefficient (Wildman–Crippen LogP) is 2.45. The quantitative estimate of drug-likeness (QED) is 0.502. The molecule has 0 aromatic heterocycles. The Morgan fingerprint density at radius 2 is 1.93 bits per heavy atom. The van der Waals surface area contributed by atoms with Crippen LogP contribution in [0.1, 0.15) is 13.8 Å². The lowest BCUT2D eigenvalue weighted by atomic mass is 10.1. The van der Waals surface area contributed by atoms with Crippen LogP contribution in [0.2, 0.25) is 0 Å². The summed E-state index contributed by atoms with van der Waals surface area (Å²) in [6.07, 6.45) is 2.85. The first-order valence-electron chi connectivity index (χ1n) is 4.32. The first-order valence-corrected chi connectivity index (χ1v) is 4.32. The summed E-state index contributed by atoms with van der Waals surface area (Å²) in [4.78, 5) is 12.8. The number of halogens is 1. The second-order valence-electron chi connectivity index (χ2n) is 3.10. The minimum atomic E-state index is -0.513. The molecule has 0 bridgehead atoms. The summed E-state index contributed by atoms with van der Waals surface area (Å²) in [5.74, 6) is -0.854. The molecule has 2 nitrogen and oxygen atoms in total. The van der Waals surface area contributed by atoms with Crippen molar-refractivity contribution in [1.29, 1.82) is 0 Å². The fourth-order valence-corrected chi connectivity index (χ4v) is 0.887. The van der Waals surface area contributed by atoms with E-state index in [0.717, 1.165) is 0 Å². The van der Waals surface area contributed by atoms with E-state index in [-0.39, 0.29) is 11.5 Å². The highest BCUT2D eigenvalue weighted by atomic mass is 19.1. The molecule has 0 unspecified atom stereocenters. The molecule has 0 saturated carbocycles. The van der Waals surface area contributed by atoms with Gasteiger partial charge in [0.25, 0.3) is 5.91 Å². The summed E-state index contributed by atoms with van der Waals surface area (Å²) >= 11 is 0. The van der Waals surface area contributed by atoms with Gasteiger partial charge in [-0.25, -0.2) is 4.39 Å². The lowest BCUT2D eigenvalue weighted by Gasteiger charge is -2.12. The molecule has 0 heterocycles. The smallest absolute Gasteiger partial charge is 0.255 e. The largest absolute Gasteiger partial charge is 0.345 e. The molecule has 78 valence electrons. The average molecular weight is 197 g/mol.